The number of aromatic nitrogens is 2. The summed E-state index contributed by atoms with van der Waals surface area (Å²) in [5.74, 6) is 0.0439. The highest BCUT2D eigenvalue weighted by Gasteiger charge is 2.19. The number of hydrogen-bond acceptors (Lipinski definition) is 5. The first-order valence-corrected chi connectivity index (χ1v) is 10.1. The largest absolute Gasteiger partial charge is 0.366 e. The van der Waals surface area contributed by atoms with E-state index in [1.807, 2.05) is 13.0 Å². The molecule has 4 rings (SSSR count). The maximum absolute atomic E-state index is 12.1. The van der Waals surface area contributed by atoms with Gasteiger partial charge in [-0.25, -0.2) is 8.42 Å². The molecule has 0 radical (unpaired) electrons. The van der Waals surface area contributed by atoms with Crippen LogP contribution in [-0.4, -0.2) is 30.7 Å². The lowest BCUT2D eigenvalue weighted by atomic mass is 9.98. The fourth-order valence-corrected chi connectivity index (χ4v) is 4.09. The van der Waals surface area contributed by atoms with Gasteiger partial charge in [-0.3, -0.25) is 4.79 Å². The summed E-state index contributed by atoms with van der Waals surface area (Å²) in [4.78, 5) is 15.5. The molecule has 138 valence electrons. The third kappa shape index (κ3) is 2.69. The second-order valence-electron chi connectivity index (χ2n) is 6.61. The first-order chi connectivity index (χ1) is 12.7. The van der Waals surface area contributed by atoms with Crippen LogP contribution in [0.5, 0.6) is 0 Å². The lowest BCUT2D eigenvalue weighted by Crippen LogP contribution is -2.11. The first-order valence-electron chi connectivity index (χ1n) is 8.19. The number of fused-ring (bicyclic) bond motifs is 3. The Morgan fingerprint density at radius 3 is 2.48 bits per heavy atom. The Hall–Kier alpha value is -3.13. The quantitative estimate of drug-likeness (QED) is 0.563. The number of hydrogen-bond donors (Lipinski definition) is 2. The normalized spacial score (nSPS) is 12.1. The van der Waals surface area contributed by atoms with Crippen molar-refractivity contribution in [2.24, 2.45) is 5.73 Å². The molecule has 0 spiro atoms. The summed E-state index contributed by atoms with van der Waals surface area (Å²) in [6.07, 6.45) is 1.16. The smallest absolute Gasteiger partial charge is 0.250 e. The van der Waals surface area contributed by atoms with Gasteiger partial charge in [-0.15, -0.1) is 0 Å². The van der Waals surface area contributed by atoms with Crippen LogP contribution in [0.3, 0.4) is 0 Å². The van der Waals surface area contributed by atoms with Gasteiger partial charge >= 0.3 is 0 Å². The van der Waals surface area contributed by atoms with Crippen LogP contribution < -0.4 is 5.73 Å². The van der Waals surface area contributed by atoms with E-state index in [4.69, 9.17) is 10.3 Å². The summed E-state index contributed by atoms with van der Waals surface area (Å²) in [5, 5.41) is 5.37. The van der Waals surface area contributed by atoms with Gasteiger partial charge in [-0.1, -0.05) is 5.16 Å². The summed E-state index contributed by atoms with van der Waals surface area (Å²) in [5.41, 5.74) is 9.42. The molecule has 4 aromatic rings. The summed E-state index contributed by atoms with van der Waals surface area (Å²) < 4.78 is 29.1. The number of carbonyl (C=O) groups excluding carboxylic acids is 1. The predicted octanol–water partition coefficient (Wildman–Crippen LogP) is 3.10. The van der Waals surface area contributed by atoms with E-state index in [2.05, 4.69) is 10.1 Å². The fourth-order valence-electron chi connectivity index (χ4n) is 3.44. The van der Waals surface area contributed by atoms with E-state index in [0.717, 1.165) is 22.9 Å². The number of nitrogens with one attached hydrogen (secondary N) is 1. The molecule has 27 heavy (non-hydrogen) atoms. The van der Waals surface area contributed by atoms with Crippen molar-refractivity contribution in [2.45, 2.75) is 18.7 Å². The van der Waals surface area contributed by atoms with E-state index in [1.54, 1.807) is 25.1 Å². The van der Waals surface area contributed by atoms with Crippen molar-refractivity contribution in [3.05, 3.63) is 47.3 Å². The topological polar surface area (TPSA) is 119 Å². The molecular formula is C19H17N3O4S. The minimum Gasteiger partial charge on any atom is -0.366 e. The van der Waals surface area contributed by atoms with Crippen LogP contribution in [-0.2, 0) is 9.84 Å². The van der Waals surface area contributed by atoms with Crippen molar-refractivity contribution in [1.82, 2.24) is 10.1 Å². The number of sulfone groups is 1. The minimum atomic E-state index is -3.36. The van der Waals surface area contributed by atoms with Gasteiger partial charge in [0, 0.05) is 28.1 Å². The molecule has 0 unspecified atom stereocenters. The summed E-state index contributed by atoms with van der Waals surface area (Å²) in [6.45, 7) is 3.61. The van der Waals surface area contributed by atoms with E-state index in [1.165, 1.54) is 6.07 Å². The molecule has 0 atom stereocenters. The molecule has 0 aliphatic rings. The maximum Gasteiger partial charge on any atom is 0.250 e. The van der Waals surface area contributed by atoms with E-state index >= 15 is 0 Å². The number of rotatable bonds is 3. The average Bonchev–Trinajstić information content (AvgIpc) is 3.12. The van der Waals surface area contributed by atoms with Gasteiger partial charge in [0.2, 0.25) is 0 Å². The maximum atomic E-state index is 12.1. The highest BCUT2D eigenvalue weighted by atomic mass is 32.2. The molecule has 1 amide bonds. The number of primary amides is 1. The second kappa shape index (κ2) is 5.68. The van der Waals surface area contributed by atoms with E-state index in [-0.39, 0.29) is 4.90 Å². The lowest BCUT2D eigenvalue weighted by Gasteiger charge is -2.06. The van der Waals surface area contributed by atoms with Gasteiger partial charge in [0.15, 0.2) is 9.84 Å². The molecule has 2 aromatic carbocycles. The van der Waals surface area contributed by atoms with Gasteiger partial charge in [0.05, 0.1) is 21.7 Å². The third-order valence-corrected chi connectivity index (χ3v) is 5.81. The highest BCUT2D eigenvalue weighted by Crippen LogP contribution is 2.35. The van der Waals surface area contributed by atoms with Crippen LogP contribution in [0.25, 0.3) is 32.9 Å². The molecule has 7 nitrogen and oxygen atoms in total. The van der Waals surface area contributed by atoms with Crippen molar-refractivity contribution < 1.29 is 17.7 Å². The summed E-state index contributed by atoms with van der Waals surface area (Å²) >= 11 is 0. The van der Waals surface area contributed by atoms with Crippen LogP contribution in [0.4, 0.5) is 0 Å². The van der Waals surface area contributed by atoms with Crippen molar-refractivity contribution in [3.8, 4) is 11.1 Å². The number of nitrogens with two attached hydrogens (primary N) is 1. The Morgan fingerprint density at radius 1 is 1.15 bits per heavy atom. The summed E-state index contributed by atoms with van der Waals surface area (Å²) in [6, 6.07) is 8.41. The lowest BCUT2D eigenvalue weighted by molar-refractivity contribution is 0.100. The number of amides is 1. The van der Waals surface area contributed by atoms with Crippen LogP contribution in [0.2, 0.25) is 0 Å². The fraction of sp³-hybridized carbons (Fsp3) is 0.158. The Balaban J connectivity index is 2.14. The number of H-pyrrole nitrogens is 1. The molecule has 0 fully saturated rings. The monoisotopic (exact) mass is 383 g/mol. The van der Waals surface area contributed by atoms with E-state index in [9.17, 15) is 13.2 Å². The Bertz CT molecular complexity index is 1330. The van der Waals surface area contributed by atoms with Gasteiger partial charge in [-0.2, -0.15) is 0 Å². The number of carbonyl (C=O) groups is 1. The van der Waals surface area contributed by atoms with Crippen molar-refractivity contribution >= 4 is 37.6 Å². The first kappa shape index (κ1) is 17.3. The van der Waals surface area contributed by atoms with E-state index in [0.29, 0.717) is 33.3 Å². The minimum absolute atomic E-state index is 0.208. The molecule has 3 N–H and O–H groups in total. The molecule has 2 aromatic heterocycles. The SMILES string of the molecule is Cc1noc(C)c1-c1cc(C(N)=O)c2[nH]c3ccc(S(C)(=O)=O)cc3c2c1. The van der Waals surface area contributed by atoms with Gasteiger partial charge in [0.1, 0.15) is 5.76 Å². The zero-order valence-electron chi connectivity index (χ0n) is 15.0. The molecule has 2 heterocycles. The van der Waals surface area contributed by atoms with Crippen LogP contribution >= 0.6 is 0 Å². The number of benzene rings is 2. The van der Waals surface area contributed by atoms with Crippen LogP contribution in [0.15, 0.2) is 39.8 Å². The number of aryl methyl sites for hydroxylation is 2. The highest BCUT2D eigenvalue weighted by molar-refractivity contribution is 7.90. The molecule has 8 heteroatoms. The van der Waals surface area contributed by atoms with Crippen LogP contribution in [0, 0.1) is 13.8 Å². The number of nitrogens with zero attached hydrogens (tertiary/aromatic N) is 1. The third-order valence-electron chi connectivity index (χ3n) is 4.69. The van der Waals surface area contributed by atoms with Crippen LogP contribution in [0.1, 0.15) is 21.8 Å². The van der Waals surface area contributed by atoms with Gasteiger partial charge < -0.3 is 15.2 Å². The summed E-state index contributed by atoms with van der Waals surface area (Å²) in [7, 11) is -3.36. The zero-order chi connectivity index (χ0) is 19.5. The molecule has 0 bridgehead atoms. The standard InChI is InChI=1S/C19H17N3O4S/c1-9-17(10(2)26-22-9)11-6-14-13-8-12(27(3,24)25)4-5-16(13)21-18(14)15(7-11)19(20)23/h4-8,21H,1-3H3,(H2,20,23). The molecule has 0 aliphatic heterocycles. The Labute approximate surface area is 155 Å². The molecule has 0 saturated heterocycles. The molecule has 0 saturated carbocycles. The Morgan fingerprint density at radius 2 is 1.89 bits per heavy atom. The van der Waals surface area contributed by atoms with Gasteiger partial charge in [0.25, 0.3) is 5.91 Å². The predicted molar refractivity (Wildman–Crippen MR) is 102 cm³/mol. The second-order valence-corrected chi connectivity index (χ2v) is 8.63. The number of aromatic amines is 1. The molecular weight excluding hydrogens is 366 g/mol. The van der Waals surface area contributed by atoms with Crippen molar-refractivity contribution in [3.63, 3.8) is 0 Å². The molecule has 0 aliphatic carbocycles. The zero-order valence-corrected chi connectivity index (χ0v) is 15.8. The van der Waals surface area contributed by atoms with Gasteiger partial charge in [-0.05, 0) is 49.7 Å². The van der Waals surface area contributed by atoms with Crippen molar-refractivity contribution in [1.29, 1.82) is 0 Å². The van der Waals surface area contributed by atoms with Crippen molar-refractivity contribution in [2.75, 3.05) is 6.26 Å². The van der Waals surface area contributed by atoms with E-state index < -0.39 is 15.7 Å². The average molecular weight is 383 g/mol. The Kier molecular flexibility index (Phi) is 3.64.